The molecule has 3 heterocycles. The van der Waals surface area contributed by atoms with Gasteiger partial charge in [0.1, 0.15) is 0 Å². The normalized spacial score (nSPS) is 39.7. The number of hydrogen-bond acceptors (Lipinski definition) is 4. The SMILES string of the molecule is NCC1CCN(CC2CN3CCCC3CO2)C1. The van der Waals surface area contributed by atoms with Crippen molar-refractivity contribution in [1.82, 2.24) is 9.80 Å². The largest absolute Gasteiger partial charge is 0.374 e. The van der Waals surface area contributed by atoms with E-state index < -0.39 is 0 Å². The third kappa shape index (κ3) is 2.65. The Labute approximate surface area is 104 Å². The van der Waals surface area contributed by atoms with E-state index in [1.807, 2.05) is 0 Å². The second kappa shape index (κ2) is 5.22. The van der Waals surface area contributed by atoms with Gasteiger partial charge in [-0.3, -0.25) is 4.90 Å². The van der Waals surface area contributed by atoms with Gasteiger partial charge >= 0.3 is 0 Å². The molecule has 0 radical (unpaired) electrons. The number of nitrogens with two attached hydrogens (primary N) is 1. The molecule has 0 aromatic rings. The summed E-state index contributed by atoms with van der Waals surface area (Å²) in [7, 11) is 0. The highest BCUT2D eigenvalue weighted by Crippen LogP contribution is 2.24. The van der Waals surface area contributed by atoms with Gasteiger partial charge in [0, 0.05) is 25.7 Å². The van der Waals surface area contributed by atoms with Crippen molar-refractivity contribution < 1.29 is 4.74 Å². The Balaban J connectivity index is 1.46. The van der Waals surface area contributed by atoms with E-state index in [9.17, 15) is 0 Å². The van der Waals surface area contributed by atoms with Gasteiger partial charge in [0.25, 0.3) is 0 Å². The monoisotopic (exact) mass is 239 g/mol. The molecule has 4 nitrogen and oxygen atoms in total. The summed E-state index contributed by atoms with van der Waals surface area (Å²) in [4.78, 5) is 5.17. The van der Waals surface area contributed by atoms with E-state index in [1.165, 1.54) is 38.9 Å². The van der Waals surface area contributed by atoms with E-state index in [0.29, 0.717) is 6.10 Å². The number of fused-ring (bicyclic) bond motifs is 1. The molecule has 0 amide bonds. The molecule has 0 spiro atoms. The second-order valence-electron chi connectivity index (χ2n) is 5.90. The maximum Gasteiger partial charge on any atom is 0.0829 e. The zero-order valence-corrected chi connectivity index (χ0v) is 10.7. The topological polar surface area (TPSA) is 41.7 Å². The summed E-state index contributed by atoms with van der Waals surface area (Å²) in [5.41, 5.74) is 5.73. The molecule has 4 heteroatoms. The van der Waals surface area contributed by atoms with Gasteiger partial charge in [0.05, 0.1) is 12.7 Å². The quantitative estimate of drug-likeness (QED) is 0.760. The Hall–Kier alpha value is -0.160. The predicted molar refractivity (Wildman–Crippen MR) is 67.9 cm³/mol. The number of rotatable bonds is 3. The number of likely N-dealkylation sites (tertiary alicyclic amines) is 1. The van der Waals surface area contributed by atoms with E-state index in [2.05, 4.69) is 9.80 Å². The fourth-order valence-electron chi connectivity index (χ4n) is 3.56. The van der Waals surface area contributed by atoms with Crippen molar-refractivity contribution in [2.75, 3.05) is 45.9 Å². The predicted octanol–water partition coefficient (Wildman–Crippen LogP) is 0.130. The molecule has 3 aliphatic heterocycles. The smallest absolute Gasteiger partial charge is 0.0829 e. The first-order valence-corrected chi connectivity index (χ1v) is 7.13. The van der Waals surface area contributed by atoms with Gasteiger partial charge in [-0.25, -0.2) is 0 Å². The summed E-state index contributed by atoms with van der Waals surface area (Å²) in [5, 5.41) is 0. The van der Waals surface area contributed by atoms with Crippen LogP contribution < -0.4 is 5.73 Å². The van der Waals surface area contributed by atoms with Crippen LogP contribution in [0.3, 0.4) is 0 Å². The van der Waals surface area contributed by atoms with E-state index in [1.54, 1.807) is 0 Å². The maximum atomic E-state index is 6.01. The lowest BCUT2D eigenvalue weighted by Crippen LogP contribution is -2.49. The second-order valence-corrected chi connectivity index (χ2v) is 5.90. The van der Waals surface area contributed by atoms with Crippen LogP contribution in [-0.4, -0.2) is 67.8 Å². The Morgan fingerprint density at radius 2 is 2.12 bits per heavy atom. The lowest BCUT2D eigenvalue weighted by molar-refractivity contribution is -0.0592. The Bertz CT molecular complexity index is 261. The lowest BCUT2D eigenvalue weighted by atomic mass is 10.1. The maximum absolute atomic E-state index is 6.01. The van der Waals surface area contributed by atoms with Gasteiger partial charge in [-0.2, -0.15) is 0 Å². The van der Waals surface area contributed by atoms with Crippen LogP contribution in [0.25, 0.3) is 0 Å². The van der Waals surface area contributed by atoms with Crippen molar-refractivity contribution in [3.8, 4) is 0 Å². The first-order valence-electron chi connectivity index (χ1n) is 7.13. The molecule has 3 atom stereocenters. The molecule has 3 rings (SSSR count). The third-order valence-corrected chi connectivity index (χ3v) is 4.63. The first kappa shape index (κ1) is 11.9. The molecule has 3 unspecified atom stereocenters. The minimum absolute atomic E-state index is 0.431. The Kier molecular flexibility index (Phi) is 3.66. The average molecular weight is 239 g/mol. The van der Waals surface area contributed by atoms with Gasteiger partial charge in [-0.1, -0.05) is 0 Å². The van der Waals surface area contributed by atoms with Crippen molar-refractivity contribution in [2.45, 2.75) is 31.4 Å². The summed E-state index contributed by atoms with van der Waals surface area (Å²) >= 11 is 0. The zero-order chi connectivity index (χ0) is 11.7. The highest BCUT2D eigenvalue weighted by Gasteiger charge is 2.33. The highest BCUT2D eigenvalue weighted by atomic mass is 16.5. The molecule has 98 valence electrons. The summed E-state index contributed by atoms with van der Waals surface area (Å²) in [6, 6.07) is 0.724. The van der Waals surface area contributed by atoms with Crippen LogP contribution >= 0.6 is 0 Å². The number of nitrogens with zero attached hydrogens (tertiary/aromatic N) is 2. The zero-order valence-electron chi connectivity index (χ0n) is 10.7. The molecule has 0 bridgehead atoms. The molecular weight excluding hydrogens is 214 g/mol. The summed E-state index contributed by atoms with van der Waals surface area (Å²) < 4.78 is 6.01. The summed E-state index contributed by atoms with van der Waals surface area (Å²) in [6.45, 7) is 7.74. The molecule has 0 aromatic heterocycles. The fourth-order valence-corrected chi connectivity index (χ4v) is 3.56. The minimum Gasteiger partial charge on any atom is -0.374 e. The van der Waals surface area contributed by atoms with Crippen molar-refractivity contribution in [2.24, 2.45) is 11.7 Å². The van der Waals surface area contributed by atoms with E-state index in [-0.39, 0.29) is 0 Å². The van der Waals surface area contributed by atoms with Gasteiger partial charge in [-0.15, -0.1) is 0 Å². The van der Waals surface area contributed by atoms with Gasteiger partial charge in [0.15, 0.2) is 0 Å². The van der Waals surface area contributed by atoms with Crippen LogP contribution in [0, 0.1) is 5.92 Å². The number of morpholine rings is 1. The van der Waals surface area contributed by atoms with Crippen LogP contribution in [-0.2, 0) is 4.74 Å². The fraction of sp³-hybridized carbons (Fsp3) is 1.00. The molecule has 3 aliphatic rings. The van der Waals surface area contributed by atoms with Crippen LogP contribution in [0.15, 0.2) is 0 Å². The van der Waals surface area contributed by atoms with Crippen LogP contribution in [0.5, 0.6) is 0 Å². The average Bonchev–Trinajstić information content (AvgIpc) is 2.96. The van der Waals surface area contributed by atoms with Gasteiger partial charge < -0.3 is 15.4 Å². The van der Waals surface area contributed by atoms with Crippen molar-refractivity contribution in [1.29, 1.82) is 0 Å². The van der Waals surface area contributed by atoms with E-state index in [0.717, 1.165) is 38.2 Å². The van der Waals surface area contributed by atoms with Crippen molar-refractivity contribution in [3.05, 3.63) is 0 Å². The lowest BCUT2D eigenvalue weighted by Gasteiger charge is -2.36. The molecule has 3 fully saturated rings. The Morgan fingerprint density at radius 1 is 1.18 bits per heavy atom. The van der Waals surface area contributed by atoms with Crippen molar-refractivity contribution in [3.63, 3.8) is 0 Å². The molecule has 2 N–H and O–H groups in total. The minimum atomic E-state index is 0.431. The number of ether oxygens (including phenoxy) is 1. The van der Waals surface area contributed by atoms with Crippen LogP contribution in [0.2, 0.25) is 0 Å². The van der Waals surface area contributed by atoms with E-state index in [4.69, 9.17) is 10.5 Å². The van der Waals surface area contributed by atoms with E-state index >= 15 is 0 Å². The molecule has 0 aromatic carbocycles. The Morgan fingerprint density at radius 3 is 2.94 bits per heavy atom. The molecule has 0 aliphatic carbocycles. The molecular formula is C13H25N3O. The molecule has 17 heavy (non-hydrogen) atoms. The van der Waals surface area contributed by atoms with Crippen LogP contribution in [0.4, 0.5) is 0 Å². The van der Waals surface area contributed by atoms with Crippen molar-refractivity contribution >= 4 is 0 Å². The molecule has 0 saturated carbocycles. The standard InChI is InChI=1S/C13H25N3O/c14-6-11-3-5-15(7-11)8-13-9-16-4-1-2-12(16)10-17-13/h11-13H,1-10,14H2. The van der Waals surface area contributed by atoms with Gasteiger partial charge in [0.2, 0.25) is 0 Å². The summed E-state index contributed by atoms with van der Waals surface area (Å²) in [5.74, 6) is 0.720. The third-order valence-electron chi connectivity index (χ3n) is 4.63. The highest BCUT2D eigenvalue weighted by molar-refractivity contribution is 4.87. The van der Waals surface area contributed by atoms with Gasteiger partial charge in [-0.05, 0) is 44.8 Å². The molecule has 3 saturated heterocycles. The van der Waals surface area contributed by atoms with Crippen LogP contribution in [0.1, 0.15) is 19.3 Å². The number of hydrogen-bond donors (Lipinski definition) is 1. The summed E-state index contributed by atoms with van der Waals surface area (Å²) in [6.07, 6.45) is 4.40. The first-order chi connectivity index (χ1) is 8.35.